The fourth-order valence-corrected chi connectivity index (χ4v) is 1.88. The van der Waals surface area contributed by atoms with Gasteiger partial charge in [-0.3, -0.25) is 0 Å². The van der Waals surface area contributed by atoms with Crippen LogP contribution < -0.4 is 4.90 Å². The maximum absolute atomic E-state index is 13.0. The van der Waals surface area contributed by atoms with Crippen molar-refractivity contribution in [1.29, 1.82) is 0 Å². The third kappa shape index (κ3) is 1.98. The Morgan fingerprint density at radius 3 is 2.81 bits per heavy atom. The second-order valence-corrected chi connectivity index (χ2v) is 3.80. The summed E-state index contributed by atoms with van der Waals surface area (Å²) in [5, 5.41) is 8.94. The second-order valence-electron chi connectivity index (χ2n) is 3.80. The number of rotatable bonds is 2. The fourth-order valence-electron chi connectivity index (χ4n) is 1.88. The predicted molar refractivity (Wildman–Crippen MR) is 55.1 cm³/mol. The number of benzene rings is 1. The van der Waals surface area contributed by atoms with Crippen molar-refractivity contribution in [1.82, 2.24) is 0 Å². The summed E-state index contributed by atoms with van der Waals surface area (Å²) in [6, 6.07) is 3.44. The first-order valence-electron chi connectivity index (χ1n) is 5.00. The summed E-state index contributed by atoms with van der Waals surface area (Å²) in [6.07, 6.45) is -0.611. The highest BCUT2D eigenvalue weighted by molar-refractivity contribution is 5.94. The van der Waals surface area contributed by atoms with Gasteiger partial charge in [0.2, 0.25) is 0 Å². The summed E-state index contributed by atoms with van der Waals surface area (Å²) in [5.74, 6) is -1.64. The van der Waals surface area contributed by atoms with Crippen LogP contribution in [0.1, 0.15) is 16.8 Å². The molecule has 0 spiro atoms. The highest BCUT2D eigenvalue weighted by Crippen LogP contribution is 2.26. The van der Waals surface area contributed by atoms with Gasteiger partial charge in [0.25, 0.3) is 0 Å². The van der Waals surface area contributed by atoms with E-state index in [0.29, 0.717) is 13.0 Å². The zero-order chi connectivity index (χ0) is 11.7. The average molecular weight is 227 g/mol. The van der Waals surface area contributed by atoms with Gasteiger partial charge in [-0.05, 0) is 24.6 Å². The molecule has 1 aliphatic rings. The maximum atomic E-state index is 13.0. The lowest BCUT2D eigenvalue weighted by Gasteiger charge is -2.19. The molecule has 1 saturated heterocycles. The molecule has 1 aliphatic heterocycles. The van der Waals surface area contributed by atoms with Crippen LogP contribution in [0.15, 0.2) is 18.2 Å². The van der Waals surface area contributed by atoms with E-state index >= 15 is 0 Å². The summed E-state index contributed by atoms with van der Waals surface area (Å²) in [6.45, 7) is 0.550. The van der Waals surface area contributed by atoms with E-state index in [1.54, 1.807) is 4.90 Å². The van der Waals surface area contributed by atoms with E-state index < -0.39 is 18.0 Å². The Kier molecular flexibility index (Phi) is 2.77. The van der Waals surface area contributed by atoms with Crippen molar-refractivity contribution < 1.29 is 18.7 Å². The molecule has 1 aromatic rings. The van der Waals surface area contributed by atoms with Gasteiger partial charge in [-0.15, -0.1) is 0 Å². The minimum atomic E-state index is -1.13. The van der Waals surface area contributed by atoms with Gasteiger partial charge >= 0.3 is 5.97 Å². The zero-order valence-corrected chi connectivity index (χ0v) is 8.49. The van der Waals surface area contributed by atoms with Gasteiger partial charge in [-0.25, -0.2) is 13.6 Å². The van der Waals surface area contributed by atoms with Crippen molar-refractivity contribution in [3.05, 3.63) is 29.6 Å². The van der Waals surface area contributed by atoms with Crippen molar-refractivity contribution in [3.63, 3.8) is 0 Å². The number of alkyl halides is 1. The Labute approximate surface area is 91.3 Å². The molecule has 1 fully saturated rings. The molecule has 0 bridgehead atoms. The number of carboxylic acid groups (broad SMARTS) is 1. The van der Waals surface area contributed by atoms with Crippen LogP contribution in [0.2, 0.25) is 0 Å². The molecule has 0 radical (unpaired) electrons. The van der Waals surface area contributed by atoms with E-state index in [1.807, 2.05) is 0 Å². The normalized spacial score (nSPS) is 20.1. The van der Waals surface area contributed by atoms with Gasteiger partial charge in [0, 0.05) is 13.1 Å². The highest BCUT2D eigenvalue weighted by Gasteiger charge is 2.25. The highest BCUT2D eigenvalue weighted by atomic mass is 19.1. The Balaban J connectivity index is 2.37. The van der Waals surface area contributed by atoms with Crippen LogP contribution >= 0.6 is 0 Å². The van der Waals surface area contributed by atoms with Gasteiger partial charge in [0.05, 0.1) is 11.3 Å². The minimum absolute atomic E-state index is 0.00972. The van der Waals surface area contributed by atoms with E-state index in [2.05, 4.69) is 0 Å². The lowest BCUT2D eigenvalue weighted by molar-refractivity contribution is 0.0697. The summed E-state index contributed by atoms with van der Waals surface area (Å²) >= 11 is 0. The molecule has 0 unspecified atom stereocenters. The van der Waals surface area contributed by atoms with E-state index in [4.69, 9.17) is 5.11 Å². The van der Waals surface area contributed by atoms with Crippen LogP contribution in [0.3, 0.4) is 0 Å². The number of anilines is 1. The standard InChI is InChI=1S/C11H11F2NO2/c12-7-1-2-9(11(15)16)10(5-7)14-4-3-8(13)6-14/h1-2,5,8H,3-4,6H2,(H,15,16)/t8-/m0/s1. The van der Waals surface area contributed by atoms with Gasteiger partial charge in [-0.1, -0.05) is 0 Å². The summed E-state index contributed by atoms with van der Waals surface area (Å²) in [7, 11) is 0. The lowest BCUT2D eigenvalue weighted by atomic mass is 10.1. The predicted octanol–water partition coefficient (Wildman–Crippen LogP) is 2.07. The third-order valence-corrected chi connectivity index (χ3v) is 2.66. The maximum Gasteiger partial charge on any atom is 0.337 e. The summed E-state index contributed by atoms with van der Waals surface area (Å²) in [5.41, 5.74) is 0.267. The third-order valence-electron chi connectivity index (χ3n) is 2.66. The van der Waals surface area contributed by atoms with Crippen molar-refractivity contribution in [2.45, 2.75) is 12.6 Å². The number of hydrogen-bond acceptors (Lipinski definition) is 2. The van der Waals surface area contributed by atoms with E-state index in [1.165, 1.54) is 6.07 Å². The van der Waals surface area contributed by atoms with Crippen LogP contribution in [0, 0.1) is 5.82 Å². The monoisotopic (exact) mass is 227 g/mol. The van der Waals surface area contributed by atoms with Crippen molar-refractivity contribution >= 4 is 11.7 Å². The topological polar surface area (TPSA) is 40.5 Å². The Morgan fingerprint density at radius 1 is 1.50 bits per heavy atom. The molecule has 1 aromatic carbocycles. The van der Waals surface area contributed by atoms with Crippen molar-refractivity contribution in [2.75, 3.05) is 18.0 Å². The van der Waals surface area contributed by atoms with E-state index in [-0.39, 0.29) is 17.8 Å². The van der Waals surface area contributed by atoms with E-state index in [9.17, 15) is 13.6 Å². The SMILES string of the molecule is O=C(O)c1ccc(F)cc1N1CC[C@H](F)C1. The molecule has 0 aromatic heterocycles. The van der Waals surface area contributed by atoms with Gasteiger partial charge < -0.3 is 10.0 Å². The number of aromatic carboxylic acids is 1. The smallest absolute Gasteiger partial charge is 0.337 e. The zero-order valence-electron chi connectivity index (χ0n) is 8.49. The number of carboxylic acids is 1. The molecule has 5 heteroatoms. The largest absolute Gasteiger partial charge is 0.478 e. The average Bonchev–Trinajstić information content (AvgIpc) is 2.64. The number of nitrogens with zero attached hydrogens (tertiary/aromatic N) is 1. The lowest BCUT2D eigenvalue weighted by Crippen LogP contribution is -2.22. The summed E-state index contributed by atoms with van der Waals surface area (Å²) < 4.78 is 26.1. The molecule has 0 saturated carbocycles. The molecule has 2 rings (SSSR count). The van der Waals surface area contributed by atoms with E-state index in [0.717, 1.165) is 12.1 Å². The fraction of sp³-hybridized carbons (Fsp3) is 0.364. The Bertz CT molecular complexity index is 422. The Morgan fingerprint density at radius 2 is 2.25 bits per heavy atom. The first-order valence-corrected chi connectivity index (χ1v) is 5.00. The number of halogens is 2. The molecule has 0 amide bonds. The first kappa shape index (κ1) is 10.9. The summed E-state index contributed by atoms with van der Waals surface area (Å²) in [4.78, 5) is 12.5. The minimum Gasteiger partial charge on any atom is -0.478 e. The van der Waals surface area contributed by atoms with Gasteiger partial charge in [0.15, 0.2) is 0 Å². The van der Waals surface area contributed by atoms with Crippen LogP contribution in [-0.2, 0) is 0 Å². The van der Waals surface area contributed by atoms with Crippen molar-refractivity contribution in [3.8, 4) is 0 Å². The number of hydrogen-bond donors (Lipinski definition) is 1. The van der Waals surface area contributed by atoms with Crippen LogP contribution in [0.25, 0.3) is 0 Å². The molecular weight excluding hydrogens is 216 g/mol. The van der Waals surface area contributed by atoms with Crippen LogP contribution in [0.4, 0.5) is 14.5 Å². The van der Waals surface area contributed by atoms with Gasteiger partial charge in [-0.2, -0.15) is 0 Å². The molecule has 1 heterocycles. The van der Waals surface area contributed by atoms with Crippen molar-refractivity contribution in [2.24, 2.45) is 0 Å². The molecule has 16 heavy (non-hydrogen) atoms. The molecule has 86 valence electrons. The molecule has 1 atom stereocenters. The molecular formula is C11H11F2NO2. The second kappa shape index (κ2) is 4.08. The molecule has 3 nitrogen and oxygen atoms in total. The van der Waals surface area contributed by atoms with Crippen LogP contribution in [0.5, 0.6) is 0 Å². The van der Waals surface area contributed by atoms with Crippen LogP contribution in [-0.4, -0.2) is 30.3 Å². The first-order chi connectivity index (χ1) is 7.58. The van der Waals surface area contributed by atoms with Gasteiger partial charge in [0.1, 0.15) is 12.0 Å². The number of carbonyl (C=O) groups is 1. The quantitative estimate of drug-likeness (QED) is 0.840. The Hall–Kier alpha value is -1.65. The molecule has 0 aliphatic carbocycles. The molecule has 1 N–H and O–H groups in total.